The molecule has 24 heavy (non-hydrogen) atoms. The minimum Gasteiger partial charge on any atom is -0.380 e. The molecule has 0 aliphatic rings. The van der Waals surface area contributed by atoms with Gasteiger partial charge in [0.25, 0.3) is 0 Å². The molecule has 0 amide bonds. The van der Waals surface area contributed by atoms with Crippen molar-refractivity contribution in [2.24, 2.45) is 0 Å². The van der Waals surface area contributed by atoms with Crippen LogP contribution in [-0.4, -0.2) is 10.1 Å². The Morgan fingerprint density at radius 1 is 0.708 bits per heavy atom. The number of para-hydroxylation sites is 2. The quantitative estimate of drug-likeness (QED) is 0.480. The van der Waals surface area contributed by atoms with Crippen LogP contribution in [0.15, 0.2) is 72.8 Å². The number of anilines is 1. The fourth-order valence-electron chi connectivity index (χ4n) is 3.34. The Morgan fingerprint density at radius 3 is 2.12 bits per heavy atom. The lowest BCUT2D eigenvalue weighted by Gasteiger charge is -2.22. The zero-order chi connectivity index (χ0) is 16.7. The van der Waals surface area contributed by atoms with Crippen LogP contribution in [0.4, 0.5) is 5.69 Å². The molecule has 4 rings (SSSR count). The summed E-state index contributed by atoms with van der Waals surface area (Å²) in [4.78, 5) is 0. The highest BCUT2D eigenvalue weighted by Gasteiger charge is 2.14. The normalized spacial score (nSPS) is 12.0. The summed E-state index contributed by atoms with van der Waals surface area (Å²) in [6.45, 7) is 6.55. The summed E-state index contributed by atoms with van der Waals surface area (Å²) in [6.07, 6.45) is 0. The van der Waals surface area contributed by atoms with E-state index in [1.807, 2.05) is 0 Å². The van der Waals surface area contributed by atoms with Gasteiger partial charge in [-0.15, -0.1) is 0 Å². The van der Waals surface area contributed by atoms with E-state index in [9.17, 15) is 0 Å². The first-order valence-corrected chi connectivity index (χ1v) is 8.40. The predicted molar refractivity (Wildman–Crippen MR) is 104 cm³/mol. The van der Waals surface area contributed by atoms with Gasteiger partial charge in [0.1, 0.15) is 0 Å². The van der Waals surface area contributed by atoms with E-state index in [-0.39, 0.29) is 5.54 Å². The summed E-state index contributed by atoms with van der Waals surface area (Å²) in [5.41, 5.74) is 4.85. The second kappa shape index (κ2) is 5.41. The molecule has 0 atom stereocenters. The van der Waals surface area contributed by atoms with Gasteiger partial charge in [-0.05, 0) is 51.1 Å². The van der Waals surface area contributed by atoms with Crippen molar-refractivity contribution < 1.29 is 0 Å². The number of hydrogen-bond donors (Lipinski definition) is 1. The van der Waals surface area contributed by atoms with Gasteiger partial charge in [0, 0.05) is 27.7 Å². The third kappa shape index (κ3) is 2.54. The fourth-order valence-corrected chi connectivity index (χ4v) is 3.34. The van der Waals surface area contributed by atoms with Crippen LogP contribution in [0.2, 0.25) is 0 Å². The molecule has 1 N–H and O–H groups in total. The van der Waals surface area contributed by atoms with Gasteiger partial charge >= 0.3 is 0 Å². The van der Waals surface area contributed by atoms with E-state index >= 15 is 0 Å². The van der Waals surface area contributed by atoms with Crippen LogP contribution < -0.4 is 5.32 Å². The minimum atomic E-state index is 0.0390. The van der Waals surface area contributed by atoms with Crippen molar-refractivity contribution in [1.82, 2.24) is 4.57 Å². The highest BCUT2D eigenvalue weighted by atomic mass is 15.0. The van der Waals surface area contributed by atoms with Crippen molar-refractivity contribution in [2.45, 2.75) is 26.3 Å². The minimum absolute atomic E-state index is 0.0390. The zero-order valence-electron chi connectivity index (χ0n) is 14.4. The van der Waals surface area contributed by atoms with Crippen LogP contribution >= 0.6 is 0 Å². The average molecular weight is 314 g/mol. The molecule has 2 heteroatoms. The van der Waals surface area contributed by atoms with Crippen LogP contribution in [0, 0.1) is 0 Å². The summed E-state index contributed by atoms with van der Waals surface area (Å²) in [7, 11) is 0. The van der Waals surface area contributed by atoms with E-state index in [0.717, 1.165) is 5.69 Å². The molecule has 0 bridgehead atoms. The SMILES string of the molecule is CC(C)(C)Nc1ccc2c3ccccc3n(-c3ccccc3)c2c1. The van der Waals surface area contributed by atoms with Gasteiger partial charge in [-0.1, -0.05) is 42.5 Å². The molecule has 0 radical (unpaired) electrons. The Hall–Kier alpha value is -2.74. The number of benzene rings is 3. The van der Waals surface area contributed by atoms with Crippen molar-refractivity contribution in [3.63, 3.8) is 0 Å². The average Bonchev–Trinajstić information content (AvgIpc) is 2.88. The Balaban J connectivity index is 2.04. The number of fused-ring (bicyclic) bond motifs is 3. The van der Waals surface area contributed by atoms with E-state index in [0.29, 0.717) is 0 Å². The van der Waals surface area contributed by atoms with Crippen molar-refractivity contribution >= 4 is 27.5 Å². The topological polar surface area (TPSA) is 17.0 Å². The molecule has 0 spiro atoms. The highest BCUT2D eigenvalue weighted by molar-refractivity contribution is 6.10. The number of hydrogen-bond acceptors (Lipinski definition) is 1. The van der Waals surface area contributed by atoms with Crippen molar-refractivity contribution in [3.05, 3.63) is 72.8 Å². The lowest BCUT2D eigenvalue weighted by atomic mass is 10.1. The van der Waals surface area contributed by atoms with Crippen LogP contribution in [0.3, 0.4) is 0 Å². The first-order chi connectivity index (χ1) is 11.5. The molecule has 0 unspecified atom stereocenters. The van der Waals surface area contributed by atoms with Crippen molar-refractivity contribution in [1.29, 1.82) is 0 Å². The second-order valence-electron chi connectivity index (χ2n) is 7.30. The zero-order valence-corrected chi connectivity index (χ0v) is 14.4. The van der Waals surface area contributed by atoms with Gasteiger partial charge in [0.15, 0.2) is 0 Å². The van der Waals surface area contributed by atoms with E-state index in [1.54, 1.807) is 0 Å². The molecule has 3 aromatic carbocycles. The monoisotopic (exact) mass is 314 g/mol. The maximum absolute atomic E-state index is 3.58. The lowest BCUT2D eigenvalue weighted by molar-refractivity contribution is 0.634. The van der Waals surface area contributed by atoms with Gasteiger partial charge in [-0.2, -0.15) is 0 Å². The molecular formula is C22H22N2. The largest absolute Gasteiger partial charge is 0.380 e. The van der Waals surface area contributed by atoms with Crippen LogP contribution in [-0.2, 0) is 0 Å². The summed E-state index contributed by atoms with van der Waals surface area (Å²) in [5.74, 6) is 0. The van der Waals surface area contributed by atoms with Gasteiger partial charge in [-0.3, -0.25) is 0 Å². The molecule has 2 nitrogen and oxygen atoms in total. The van der Waals surface area contributed by atoms with E-state index in [1.165, 1.54) is 27.5 Å². The van der Waals surface area contributed by atoms with Gasteiger partial charge < -0.3 is 9.88 Å². The molecule has 0 saturated carbocycles. The Labute approximate surface area is 142 Å². The summed E-state index contributed by atoms with van der Waals surface area (Å²) < 4.78 is 2.35. The molecule has 4 aromatic rings. The van der Waals surface area contributed by atoms with Gasteiger partial charge in [0.05, 0.1) is 11.0 Å². The van der Waals surface area contributed by atoms with E-state index in [4.69, 9.17) is 0 Å². The summed E-state index contributed by atoms with van der Waals surface area (Å²) in [6, 6.07) is 25.8. The van der Waals surface area contributed by atoms with Crippen molar-refractivity contribution in [3.8, 4) is 5.69 Å². The predicted octanol–water partition coefficient (Wildman–Crippen LogP) is 5.99. The van der Waals surface area contributed by atoms with E-state index < -0.39 is 0 Å². The first-order valence-electron chi connectivity index (χ1n) is 8.40. The van der Waals surface area contributed by atoms with Crippen LogP contribution in [0.5, 0.6) is 0 Å². The third-order valence-corrected chi connectivity index (χ3v) is 4.21. The molecule has 0 saturated heterocycles. The fraction of sp³-hybridized carbons (Fsp3) is 0.182. The molecule has 1 aromatic heterocycles. The third-order valence-electron chi connectivity index (χ3n) is 4.21. The smallest absolute Gasteiger partial charge is 0.0561 e. The molecule has 120 valence electrons. The Kier molecular flexibility index (Phi) is 3.34. The molecule has 0 aliphatic carbocycles. The number of nitrogens with zero attached hydrogens (tertiary/aromatic N) is 1. The maximum Gasteiger partial charge on any atom is 0.0561 e. The number of nitrogens with one attached hydrogen (secondary N) is 1. The number of rotatable bonds is 2. The van der Waals surface area contributed by atoms with Gasteiger partial charge in [0.2, 0.25) is 0 Å². The Bertz CT molecular complexity index is 1000. The number of aromatic nitrogens is 1. The molecule has 0 fully saturated rings. The molecular weight excluding hydrogens is 292 g/mol. The first kappa shape index (κ1) is 14.8. The van der Waals surface area contributed by atoms with Crippen molar-refractivity contribution in [2.75, 3.05) is 5.32 Å². The van der Waals surface area contributed by atoms with E-state index in [2.05, 4.69) is 103 Å². The molecule has 1 heterocycles. The van der Waals surface area contributed by atoms with Crippen LogP contribution in [0.25, 0.3) is 27.5 Å². The second-order valence-corrected chi connectivity index (χ2v) is 7.30. The highest BCUT2D eigenvalue weighted by Crippen LogP contribution is 2.33. The lowest BCUT2D eigenvalue weighted by Crippen LogP contribution is -2.25. The summed E-state index contributed by atoms with van der Waals surface area (Å²) in [5, 5.41) is 6.16. The van der Waals surface area contributed by atoms with Gasteiger partial charge in [-0.25, -0.2) is 0 Å². The molecule has 0 aliphatic heterocycles. The summed E-state index contributed by atoms with van der Waals surface area (Å²) >= 11 is 0. The maximum atomic E-state index is 3.58. The standard InChI is InChI=1S/C22H22N2/c1-22(2,3)23-16-13-14-19-18-11-7-8-12-20(18)24(21(19)15-16)17-9-5-4-6-10-17/h4-15,23H,1-3H3. The Morgan fingerprint density at radius 2 is 1.38 bits per heavy atom. The van der Waals surface area contributed by atoms with Crippen LogP contribution in [0.1, 0.15) is 20.8 Å².